The molecule has 22 heavy (non-hydrogen) atoms. The molecule has 1 aromatic carbocycles. The lowest BCUT2D eigenvalue weighted by atomic mass is 10.1. The topological polar surface area (TPSA) is 87.3 Å². The fraction of sp³-hybridized carbons (Fsp3) is 0.533. The second-order valence-electron chi connectivity index (χ2n) is 6.05. The lowest BCUT2D eigenvalue weighted by molar-refractivity contribution is -0.119. The summed E-state index contributed by atoms with van der Waals surface area (Å²) in [6.07, 6.45) is 2.60. The molecule has 0 spiro atoms. The number of carbonyl (C=O) groups is 1. The monoisotopic (exact) mass is 323 g/mol. The van der Waals surface area contributed by atoms with E-state index in [1.165, 1.54) is 0 Å². The van der Waals surface area contributed by atoms with Gasteiger partial charge in [0.15, 0.2) is 0 Å². The summed E-state index contributed by atoms with van der Waals surface area (Å²) in [6.45, 7) is 3.27. The van der Waals surface area contributed by atoms with Crippen LogP contribution in [0.3, 0.4) is 0 Å². The summed E-state index contributed by atoms with van der Waals surface area (Å²) in [5.74, 6) is -0.113. The third-order valence-corrected chi connectivity index (χ3v) is 5.74. The first-order chi connectivity index (χ1) is 10.5. The molecule has 3 rings (SSSR count). The van der Waals surface area contributed by atoms with Crippen molar-refractivity contribution in [3.8, 4) is 0 Å². The molecule has 1 heterocycles. The first kappa shape index (κ1) is 15.5. The van der Waals surface area contributed by atoms with E-state index in [0.29, 0.717) is 17.8 Å². The first-order valence-electron chi connectivity index (χ1n) is 7.60. The summed E-state index contributed by atoms with van der Waals surface area (Å²) in [5.41, 5.74) is 1.20. The Hall–Kier alpha value is -1.44. The van der Waals surface area contributed by atoms with Crippen molar-refractivity contribution in [2.24, 2.45) is 5.92 Å². The van der Waals surface area contributed by atoms with Crippen LogP contribution in [-0.2, 0) is 14.8 Å². The van der Waals surface area contributed by atoms with Crippen LogP contribution in [0.25, 0.3) is 0 Å². The van der Waals surface area contributed by atoms with Gasteiger partial charge in [0.1, 0.15) is 0 Å². The largest absolute Gasteiger partial charge is 0.326 e. The minimum Gasteiger partial charge on any atom is -0.326 e. The number of nitrogens with one attached hydrogen (secondary N) is 3. The van der Waals surface area contributed by atoms with Crippen LogP contribution in [0.4, 0.5) is 5.69 Å². The van der Waals surface area contributed by atoms with Crippen molar-refractivity contribution >= 4 is 21.6 Å². The van der Waals surface area contributed by atoms with Gasteiger partial charge in [0.05, 0.1) is 10.8 Å². The van der Waals surface area contributed by atoms with Gasteiger partial charge in [-0.2, -0.15) is 0 Å². The molecule has 3 N–H and O–H groups in total. The highest BCUT2D eigenvalue weighted by Gasteiger charge is 2.29. The maximum absolute atomic E-state index is 12.4. The van der Waals surface area contributed by atoms with Gasteiger partial charge < -0.3 is 10.6 Å². The molecule has 0 aromatic heterocycles. The van der Waals surface area contributed by atoms with E-state index in [4.69, 9.17) is 0 Å². The van der Waals surface area contributed by atoms with Crippen LogP contribution in [0.2, 0.25) is 0 Å². The number of carbonyl (C=O) groups excluding carboxylic acids is 1. The Balaban J connectivity index is 1.78. The Labute approximate surface area is 130 Å². The molecule has 120 valence electrons. The van der Waals surface area contributed by atoms with Crippen molar-refractivity contribution in [1.29, 1.82) is 0 Å². The molecule has 1 amide bonds. The summed E-state index contributed by atoms with van der Waals surface area (Å²) in [4.78, 5) is 12.4. The molecule has 0 radical (unpaired) electrons. The Morgan fingerprint density at radius 1 is 1.27 bits per heavy atom. The molecule has 0 bridgehead atoms. The molecule has 2 fully saturated rings. The third-order valence-electron chi connectivity index (χ3n) is 4.08. The van der Waals surface area contributed by atoms with Gasteiger partial charge in [-0.3, -0.25) is 4.79 Å². The average Bonchev–Trinajstić information content (AvgIpc) is 3.09. The molecular weight excluding hydrogens is 302 g/mol. The molecule has 1 unspecified atom stereocenters. The van der Waals surface area contributed by atoms with E-state index < -0.39 is 10.0 Å². The van der Waals surface area contributed by atoms with Crippen molar-refractivity contribution in [3.05, 3.63) is 23.8 Å². The maximum atomic E-state index is 12.4. The van der Waals surface area contributed by atoms with Crippen LogP contribution in [0, 0.1) is 12.8 Å². The summed E-state index contributed by atoms with van der Waals surface area (Å²) < 4.78 is 27.4. The predicted octanol–water partition coefficient (Wildman–Crippen LogP) is 0.984. The average molecular weight is 323 g/mol. The number of hydrogen-bond donors (Lipinski definition) is 3. The van der Waals surface area contributed by atoms with Gasteiger partial charge in [-0.05, 0) is 50.4 Å². The van der Waals surface area contributed by atoms with Gasteiger partial charge in [0, 0.05) is 18.3 Å². The zero-order valence-electron chi connectivity index (χ0n) is 12.6. The standard InChI is InChI=1S/C15H21N3O3S/c1-10-2-3-13(17-15(19)11-6-7-16-9-11)8-14(10)22(20,21)18-12-4-5-12/h2-3,8,11-12,16,18H,4-7,9H2,1H3,(H,17,19). The van der Waals surface area contributed by atoms with Crippen molar-refractivity contribution in [2.75, 3.05) is 18.4 Å². The van der Waals surface area contributed by atoms with E-state index >= 15 is 0 Å². The fourth-order valence-corrected chi connectivity index (χ4v) is 4.15. The second-order valence-corrected chi connectivity index (χ2v) is 7.74. The van der Waals surface area contributed by atoms with Gasteiger partial charge in [-0.25, -0.2) is 13.1 Å². The number of aryl methyl sites for hydroxylation is 1. The highest BCUT2D eigenvalue weighted by Crippen LogP contribution is 2.25. The zero-order chi connectivity index (χ0) is 15.7. The highest BCUT2D eigenvalue weighted by molar-refractivity contribution is 7.89. The minimum atomic E-state index is -3.52. The molecule has 1 aliphatic carbocycles. The Bertz CT molecular complexity index is 677. The Kier molecular flexibility index (Phi) is 4.20. The van der Waals surface area contributed by atoms with Gasteiger partial charge in [0.2, 0.25) is 15.9 Å². The molecule has 1 aromatic rings. The van der Waals surface area contributed by atoms with Gasteiger partial charge in [0.25, 0.3) is 0 Å². The molecule has 1 saturated heterocycles. The first-order valence-corrected chi connectivity index (χ1v) is 9.08. The predicted molar refractivity (Wildman–Crippen MR) is 84.1 cm³/mol. The van der Waals surface area contributed by atoms with Crippen LogP contribution >= 0.6 is 0 Å². The smallest absolute Gasteiger partial charge is 0.241 e. The van der Waals surface area contributed by atoms with Crippen LogP contribution in [0.5, 0.6) is 0 Å². The van der Waals surface area contributed by atoms with Gasteiger partial charge in [-0.1, -0.05) is 6.07 Å². The van der Waals surface area contributed by atoms with Gasteiger partial charge in [-0.15, -0.1) is 0 Å². The summed E-state index contributed by atoms with van der Waals surface area (Å²) in [7, 11) is -3.52. The summed E-state index contributed by atoms with van der Waals surface area (Å²) in [6, 6.07) is 5.07. The molecule has 7 heteroatoms. The highest BCUT2D eigenvalue weighted by atomic mass is 32.2. The van der Waals surface area contributed by atoms with Crippen LogP contribution in [0.15, 0.2) is 23.1 Å². The van der Waals surface area contributed by atoms with E-state index in [1.54, 1.807) is 25.1 Å². The number of anilines is 1. The van der Waals surface area contributed by atoms with Gasteiger partial charge >= 0.3 is 0 Å². The Morgan fingerprint density at radius 2 is 2.05 bits per heavy atom. The van der Waals surface area contributed by atoms with Crippen molar-refractivity contribution in [2.45, 2.75) is 37.1 Å². The van der Waals surface area contributed by atoms with E-state index in [1.807, 2.05) is 0 Å². The SMILES string of the molecule is Cc1ccc(NC(=O)C2CCNC2)cc1S(=O)(=O)NC1CC1. The number of hydrogen-bond acceptors (Lipinski definition) is 4. The lowest BCUT2D eigenvalue weighted by Gasteiger charge is -2.13. The minimum absolute atomic E-state index is 0.0500. The zero-order valence-corrected chi connectivity index (χ0v) is 13.4. The van der Waals surface area contributed by atoms with Crippen LogP contribution in [0.1, 0.15) is 24.8 Å². The van der Waals surface area contributed by atoms with E-state index in [-0.39, 0.29) is 22.8 Å². The van der Waals surface area contributed by atoms with E-state index in [2.05, 4.69) is 15.4 Å². The lowest BCUT2D eigenvalue weighted by Crippen LogP contribution is -2.27. The maximum Gasteiger partial charge on any atom is 0.241 e. The molecule has 2 aliphatic rings. The van der Waals surface area contributed by atoms with Crippen molar-refractivity contribution in [1.82, 2.24) is 10.0 Å². The van der Waals surface area contributed by atoms with E-state index in [9.17, 15) is 13.2 Å². The number of amides is 1. The fourth-order valence-electron chi connectivity index (χ4n) is 2.57. The van der Waals surface area contributed by atoms with Crippen LogP contribution < -0.4 is 15.4 Å². The van der Waals surface area contributed by atoms with E-state index in [0.717, 1.165) is 25.8 Å². The molecule has 6 nitrogen and oxygen atoms in total. The third kappa shape index (κ3) is 3.48. The summed E-state index contributed by atoms with van der Waals surface area (Å²) in [5, 5.41) is 5.97. The van der Waals surface area contributed by atoms with Crippen molar-refractivity contribution < 1.29 is 13.2 Å². The van der Waals surface area contributed by atoms with Crippen molar-refractivity contribution in [3.63, 3.8) is 0 Å². The number of rotatable bonds is 5. The molecule has 1 aliphatic heterocycles. The molecule has 1 saturated carbocycles. The quantitative estimate of drug-likeness (QED) is 0.754. The second kappa shape index (κ2) is 5.98. The van der Waals surface area contributed by atoms with Crippen LogP contribution in [-0.4, -0.2) is 33.5 Å². The Morgan fingerprint density at radius 3 is 2.68 bits per heavy atom. The molecular formula is C15H21N3O3S. The number of benzene rings is 1. The molecule has 1 atom stereocenters. The summed E-state index contributed by atoms with van der Waals surface area (Å²) >= 11 is 0. The normalized spacial score (nSPS) is 21.8. The number of sulfonamides is 1.